The molecule has 2 heterocycles. The monoisotopic (exact) mass is 222 g/mol. The minimum Gasteiger partial charge on any atom is -0.311 e. The van der Waals surface area contributed by atoms with Crippen molar-refractivity contribution >= 4 is 0 Å². The van der Waals surface area contributed by atoms with Crippen molar-refractivity contribution in [3.8, 4) is 0 Å². The van der Waals surface area contributed by atoms with E-state index in [0.717, 1.165) is 30.2 Å². The zero-order valence-corrected chi connectivity index (χ0v) is 9.34. The molecule has 7 nitrogen and oxygen atoms in total. The van der Waals surface area contributed by atoms with E-state index in [-0.39, 0.29) is 0 Å². The Kier molecular flexibility index (Phi) is 3.25. The number of rotatable bonds is 5. The average molecular weight is 222 g/mol. The zero-order valence-electron chi connectivity index (χ0n) is 9.34. The van der Waals surface area contributed by atoms with E-state index in [1.807, 2.05) is 14.0 Å². The van der Waals surface area contributed by atoms with Crippen LogP contribution in [0.25, 0.3) is 0 Å². The zero-order chi connectivity index (χ0) is 11.4. The summed E-state index contributed by atoms with van der Waals surface area (Å²) in [5, 5.41) is 14.9. The number of hydrogen-bond donors (Lipinski definition) is 1. The fraction of sp³-hybridized carbons (Fsp3) is 0.556. The Hall–Kier alpha value is -1.76. The Balaban J connectivity index is 1.71. The molecule has 0 fully saturated rings. The third-order valence-electron chi connectivity index (χ3n) is 2.21. The van der Waals surface area contributed by atoms with Gasteiger partial charge in [-0.2, -0.15) is 5.10 Å². The van der Waals surface area contributed by atoms with E-state index in [9.17, 15) is 0 Å². The van der Waals surface area contributed by atoms with E-state index in [0.29, 0.717) is 6.54 Å². The van der Waals surface area contributed by atoms with Crippen molar-refractivity contribution in [1.82, 2.24) is 30.4 Å². The van der Waals surface area contributed by atoms with Gasteiger partial charge in [0.2, 0.25) is 0 Å². The SMILES string of the molecule is Cc1nonc1CNCCc1ncn(C)n1. The Morgan fingerprint density at radius 1 is 1.44 bits per heavy atom. The van der Waals surface area contributed by atoms with E-state index in [1.165, 1.54) is 0 Å². The van der Waals surface area contributed by atoms with Crippen LogP contribution in [0.2, 0.25) is 0 Å². The van der Waals surface area contributed by atoms with Crippen molar-refractivity contribution < 1.29 is 4.63 Å². The molecule has 7 heteroatoms. The smallest absolute Gasteiger partial charge is 0.151 e. The standard InChI is InChI=1S/C9H14N6O/c1-7-8(14-16-13-7)5-10-4-3-9-11-6-15(2)12-9/h6,10H,3-5H2,1-2H3. The third-order valence-corrected chi connectivity index (χ3v) is 2.21. The van der Waals surface area contributed by atoms with E-state index in [4.69, 9.17) is 0 Å². The highest BCUT2D eigenvalue weighted by Crippen LogP contribution is 1.99. The normalized spacial score (nSPS) is 10.9. The molecule has 0 radical (unpaired) electrons. The fourth-order valence-electron chi connectivity index (χ4n) is 1.32. The molecule has 0 saturated carbocycles. The van der Waals surface area contributed by atoms with Crippen molar-refractivity contribution in [1.29, 1.82) is 0 Å². The maximum absolute atomic E-state index is 4.60. The predicted octanol–water partition coefficient (Wildman–Crippen LogP) is -0.161. The Bertz CT molecular complexity index is 448. The lowest BCUT2D eigenvalue weighted by Gasteiger charge is -1.99. The number of aryl methyl sites for hydroxylation is 2. The van der Waals surface area contributed by atoms with E-state index in [2.05, 4.69) is 30.3 Å². The van der Waals surface area contributed by atoms with E-state index in [1.54, 1.807) is 11.0 Å². The minimum absolute atomic E-state index is 0.655. The van der Waals surface area contributed by atoms with Gasteiger partial charge in [-0.1, -0.05) is 10.3 Å². The van der Waals surface area contributed by atoms with Crippen molar-refractivity contribution in [2.24, 2.45) is 7.05 Å². The fourth-order valence-corrected chi connectivity index (χ4v) is 1.32. The lowest BCUT2D eigenvalue weighted by atomic mass is 10.3. The summed E-state index contributed by atoms with van der Waals surface area (Å²) in [5.74, 6) is 0.838. The summed E-state index contributed by atoms with van der Waals surface area (Å²) in [6, 6.07) is 0. The van der Waals surface area contributed by atoms with Gasteiger partial charge in [0, 0.05) is 26.6 Å². The van der Waals surface area contributed by atoms with Gasteiger partial charge in [0.05, 0.1) is 0 Å². The summed E-state index contributed by atoms with van der Waals surface area (Å²) in [6.45, 7) is 3.33. The first kappa shape index (κ1) is 10.7. The molecular weight excluding hydrogens is 208 g/mol. The molecule has 0 aromatic carbocycles. The Labute approximate surface area is 92.8 Å². The van der Waals surface area contributed by atoms with Gasteiger partial charge in [-0.15, -0.1) is 0 Å². The van der Waals surface area contributed by atoms with Crippen LogP contribution in [-0.2, 0) is 20.0 Å². The number of nitrogens with zero attached hydrogens (tertiary/aromatic N) is 5. The second kappa shape index (κ2) is 4.84. The molecular formula is C9H14N6O. The maximum atomic E-state index is 4.60. The molecule has 0 saturated heterocycles. The van der Waals surface area contributed by atoms with Gasteiger partial charge in [-0.05, 0) is 6.92 Å². The molecule has 0 amide bonds. The number of nitrogens with one attached hydrogen (secondary N) is 1. The first-order valence-corrected chi connectivity index (χ1v) is 5.09. The Morgan fingerprint density at radius 2 is 2.31 bits per heavy atom. The molecule has 16 heavy (non-hydrogen) atoms. The minimum atomic E-state index is 0.655. The highest BCUT2D eigenvalue weighted by atomic mass is 16.6. The molecule has 2 aromatic rings. The van der Waals surface area contributed by atoms with Crippen LogP contribution in [0.5, 0.6) is 0 Å². The van der Waals surface area contributed by atoms with Crippen molar-refractivity contribution in [2.45, 2.75) is 19.9 Å². The molecule has 0 aliphatic heterocycles. The predicted molar refractivity (Wildman–Crippen MR) is 55.4 cm³/mol. The molecule has 2 rings (SSSR count). The molecule has 0 aliphatic carbocycles. The number of aromatic nitrogens is 5. The molecule has 0 bridgehead atoms. The lowest BCUT2D eigenvalue weighted by Crippen LogP contribution is -2.18. The summed E-state index contributed by atoms with van der Waals surface area (Å²) in [4.78, 5) is 4.13. The van der Waals surface area contributed by atoms with Crippen LogP contribution in [0.3, 0.4) is 0 Å². The van der Waals surface area contributed by atoms with Gasteiger partial charge in [0.25, 0.3) is 0 Å². The molecule has 0 spiro atoms. The van der Waals surface area contributed by atoms with Crippen LogP contribution in [0, 0.1) is 6.92 Å². The van der Waals surface area contributed by atoms with Crippen molar-refractivity contribution in [3.63, 3.8) is 0 Å². The first-order valence-electron chi connectivity index (χ1n) is 5.09. The topological polar surface area (TPSA) is 81.7 Å². The van der Waals surface area contributed by atoms with Crippen LogP contribution in [-0.4, -0.2) is 31.6 Å². The summed E-state index contributed by atoms with van der Waals surface area (Å²) in [6.07, 6.45) is 2.49. The molecule has 0 atom stereocenters. The third kappa shape index (κ3) is 2.63. The molecule has 0 unspecified atom stereocenters. The summed E-state index contributed by atoms with van der Waals surface area (Å²) in [7, 11) is 1.86. The van der Waals surface area contributed by atoms with E-state index >= 15 is 0 Å². The largest absolute Gasteiger partial charge is 0.311 e. The highest BCUT2D eigenvalue weighted by molar-refractivity contribution is 5.03. The van der Waals surface area contributed by atoms with Gasteiger partial charge < -0.3 is 5.32 Å². The maximum Gasteiger partial charge on any atom is 0.151 e. The molecule has 2 aromatic heterocycles. The summed E-state index contributed by atoms with van der Waals surface area (Å²) in [5.41, 5.74) is 1.66. The van der Waals surface area contributed by atoms with Crippen LogP contribution >= 0.6 is 0 Å². The van der Waals surface area contributed by atoms with Crippen LogP contribution in [0.4, 0.5) is 0 Å². The first-order chi connectivity index (χ1) is 7.75. The van der Waals surface area contributed by atoms with Crippen molar-refractivity contribution in [3.05, 3.63) is 23.5 Å². The lowest BCUT2D eigenvalue weighted by molar-refractivity contribution is 0.300. The summed E-state index contributed by atoms with van der Waals surface area (Å²) >= 11 is 0. The van der Waals surface area contributed by atoms with Gasteiger partial charge in [0.15, 0.2) is 5.82 Å². The average Bonchev–Trinajstić information content (AvgIpc) is 2.83. The second-order valence-electron chi connectivity index (χ2n) is 3.56. The quantitative estimate of drug-likeness (QED) is 0.708. The summed E-state index contributed by atoms with van der Waals surface area (Å²) < 4.78 is 6.29. The molecule has 0 aliphatic rings. The molecule has 86 valence electrons. The van der Waals surface area contributed by atoms with Gasteiger partial charge in [0.1, 0.15) is 17.7 Å². The van der Waals surface area contributed by atoms with Crippen LogP contribution in [0.1, 0.15) is 17.2 Å². The van der Waals surface area contributed by atoms with Crippen molar-refractivity contribution in [2.75, 3.05) is 6.54 Å². The molecule has 1 N–H and O–H groups in total. The van der Waals surface area contributed by atoms with Gasteiger partial charge in [-0.3, -0.25) is 4.68 Å². The van der Waals surface area contributed by atoms with Crippen LogP contribution < -0.4 is 5.32 Å². The van der Waals surface area contributed by atoms with Gasteiger partial charge >= 0.3 is 0 Å². The van der Waals surface area contributed by atoms with Gasteiger partial charge in [-0.25, -0.2) is 9.61 Å². The van der Waals surface area contributed by atoms with Crippen LogP contribution in [0.15, 0.2) is 11.0 Å². The number of hydrogen-bond acceptors (Lipinski definition) is 6. The second-order valence-corrected chi connectivity index (χ2v) is 3.56. The highest BCUT2D eigenvalue weighted by Gasteiger charge is 2.04. The Morgan fingerprint density at radius 3 is 2.94 bits per heavy atom. The van der Waals surface area contributed by atoms with E-state index < -0.39 is 0 Å².